The first-order valence-electron chi connectivity index (χ1n) is 7.87. The zero-order valence-corrected chi connectivity index (χ0v) is 13.4. The minimum atomic E-state index is -0.160. The smallest absolute Gasteiger partial charge is 0.123 e. The first-order valence-corrected chi connectivity index (χ1v) is 7.87. The molecule has 0 atom stereocenters. The number of rotatable bonds is 6. The third-order valence-electron chi connectivity index (χ3n) is 4.03. The van der Waals surface area contributed by atoms with Gasteiger partial charge in [-0.15, -0.1) is 0 Å². The molecule has 1 aromatic rings. The van der Waals surface area contributed by atoms with Gasteiger partial charge < -0.3 is 15.0 Å². The molecule has 21 heavy (non-hydrogen) atoms. The van der Waals surface area contributed by atoms with E-state index < -0.39 is 0 Å². The number of piperidine rings is 1. The van der Waals surface area contributed by atoms with Crippen LogP contribution >= 0.6 is 0 Å². The molecular formula is C17H27FN2O. The lowest BCUT2D eigenvalue weighted by molar-refractivity contribution is 0.0819. The number of benzene rings is 1. The van der Waals surface area contributed by atoms with E-state index in [0.717, 1.165) is 50.3 Å². The van der Waals surface area contributed by atoms with Gasteiger partial charge in [0.15, 0.2) is 0 Å². The van der Waals surface area contributed by atoms with Crippen LogP contribution in [0.5, 0.6) is 0 Å². The molecule has 1 aromatic carbocycles. The molecule has 0 radical (unpaired) electrons. The van der Waals surface area contributed by atoms with Crippen LogP contribution in [0.3, 0.4) is 0 Å². The Morgan fingerprint density at radius 2 is 2.05 bits per heavy atom. The molecule has 0 bridgehead atoms. The van der Waals surface area contributed by atoms with Crippen molar-refractivity contribution in [3.05, 3.63) is 29.6 Å². The van der Waals surface area contributed by atoms with E-state index in [1.165, 1.54) is 0 Å². The summed E-state index contributed by atoms with van der Waals surface area (Å²) < 4.78 is 19.0. The Kier molecular flexibility index (Phi) is 6.00. The summed E-state index contributed by atoms with van der Waals surface area (Å²) in [6.45, 7) is 7.96. The molecule has 118 valence electrons. The molecule has 3 nitrogen and oxygen atoms in total. The van der Waals surface area contributed by atoms with Crippen molar-refractivity contribution in [1.29, 1.82) is 0 Å². The second-order valence-electron chi connectivity index (χ2n) is 6.22. The van der Waals surface area contributed by atoms with Crippen molar-refractivity contribution in [2.75, 3.05) is 31.6 Å². The predicted molar refractivity (Wildman–Crippen MR) is 85.2 cm³/mol. The summed E-state index contributed by atoms with van der Waals surface area (Å²) in [5.41, 5.74) is 2.20. The zero-order chi connectivity index (χ0) is 15.2. The number of hydrogen-bond acceptors (Lipinski definition) is 3. The summed E-state index contributed by atoms with van der Waals surface area (Å²) in [6.07, 6.45) is 2.43. The SMILES string of the molecule is COC1CCN(c2ccc(F)cc2CNCC(C)C)CC1. The molecule has 2 rings (SSSR count). The monoisotopic (exact) mass is 294 g/mol. The summed E-state index contributed by atoms with van der Waals surface area (Å²) >= 11 is 0. The molecule has 0 aliphatic carbocycles. The van der Waals surface area contributed by atoms with Crippen LogP contribution in [-0.4, -0.2) is 32.8 Å². The van der Waals surface area contributed by atoms with Gasteiger partial charge in [-0.25, -0.2) is 4.39 Å². The number of hydrogen-bond donors (Lipinski definition) is 1. The molecule has 1 saturated heterocycles. The lowest BCUT2D eigenvalue weighted by atomic mass is 10.0. The molecule has 1 N–H and O–H groups in total. The lowest BCUT2D eigenvalue weighted by Crippen LogP contribution is -2.37. The van der Waals surface area contributed by atoms with Gasteiger partial charge in [0.2, 0.25) is 0 Å². The van der Waals surface area contributed by atoms with Gasteiger partial charge in [0.25, 0.3) is 0 Å². The Morgan fingerprint density at radius 3 is 2.67 bits per heavy atom. The minimum absolute atomic E-state index is 0.160. The van der Waals surface area contributed by atoms with Gasteiger partial charge in [-0.2, -0.15) is 0 Å². The van der Waals surface area contributed by atoms with Crippen molar-refractivity contribution < 1.29 is 9.13 Å². The normalized spacial score (nSPS) is 16.7. The molecule has 1 aliphatic heterocycles. The van der Waals surface area contributed by atoms with Crippen LogP contribution in [0.4, 0.5) is 10.1 Å². The summed E-state index contributed by atoms with van der Waals surface area (Å²) in [5, 5.41) is 3.41. The lowest BCUT2D eigenvalue weighted by Gasteiger charge is -2.34. The van der Waals surface area contributed by atoms with Crippen molar-refractivity contribution in [2.24, 2.45) is 5.92 Å². The van der Waals surface area contributed by atoms with Crippen LogP contribution < -0.4 is 10.2 Å². The van der Waals surface area contributed by atoms with E-state index in [1.54, 1.807) is 19.2 Å². The first kappa shape index (κ1) is 16.2. The summed E-state index contributed by atoms with van der Waals surface area (Å²) in [5.74, 6) is 0.436. The fourth-order valence-electron chi connectivity index (χ4n) is 2.83. The molecule has 1 aliphatic rings. The third-order valence-corrected chi connectivity index (χ3v) is 4.03. The van der Waals surface area contributed by atoms with Gasteiger partial charge in [-0.1, -0.05) is 13.8 Å². The zero-order valence-electron chi connectivity index (χ0n) is 13.4. The quantitative estimate of drug-likeness (QED) is 0.872. The molecule has 0 aromatic heterocycles. The van der Waals surface area contributed by atoms with Crippen LogP contribution in [0.1, 0.15) is 32.3 Å². The highest BCUT2D eigenvalue weighted by molar-refractivity contribution is 5.54. The highest BCUT2D eigenvalue weighted by Gasteiger charge is 2.20. The van der Waals surface area contributed by atoms with Gasteiger partial charge in [-0.05, 0) is 49.1 Å². The molecule has 1 fully saturated rings. The molecule has 4 heteroatoms. The second-order valence-corrected chi connectivity index (χ2v) is 6.22. The molecule has 1 heterocycles. The maximum absolute atomic E-state index is 13.6. The van der Waals surface area contributed by atoms with Crippen LogP contribution in [0.2, 0.25) is 0 Å². The van der Waals surface area contributed by atoms with Gasteiger partial charge in [0.05, 0.1) is 6.10 Å². The standard InChI is InChI=1S/C17H27FN2O/c1-13(2)11-19-12-14-10-15(18)4-5-17(14)20-8-6-16(21-3)7-9-20/h4-5,10,13,16,19H,6-9,11-12H2,1-3H3. The maximum Gasteiger partial charge on any atom is 0.123 e. The van der Waals surface area contributed by atoms with Gasteiger partial charge in [-0.3, -0.25) is 0 Å². The van der Waals surface area contributed by atoms with Gasteiger partial charge >= 0.3 is 0 Å². The predicted octanol–water partition coefficient (Wildman–Crippen LogP) is 3.19. The number of ether oxygens (including phenoxy) is 1. The van der Waals surface area contributed by atoms with E-state index >= 15 is 0 Å². The van der Waals surface area contributed by atoms with E-state index in [-0.39, 0.29) is 5.82 Å². The molecule has 0 unspecified atom stereocenters. The molecule has 0 spiro atoms. The van der Waals surface area contributed by atoms with Crippen molar-refractivity contribution in [3.8, 4) is 0 Å². The Hall–Kier alpha value is -1.13. The average Bonchev–Trinajstić information content (AvgIpc) is 2.47. The highest BCUT2D eigenvalue weighted by Crippen LogP contribution is 2.26. The molecular weight excluding hydrogens is 267 g/mol. The largest absolute Gasteiger partial charge is 0.381 e. The van der Waals surface area contributed by atoms with Gasteiger partial charge in [0, 0.05) is 32.4 Å². The number of methoxy groups -OCH3 is 1. The van der Waals surface area contributed by atoms with Crippen molar-refractivity contribution in [3.63, 3.8) is 0 Å². The second kappa shape index (κ2) is 7.76. The minimum Gasteiger partial charge on any atom is -0.381 e. The van der Waals surface area contributed by atoms with Crippen LogP contribution in [-0.2, 0) is 11.3 Å². The summed E-state index contributed by atoms with van der Waals surface area (Å²) in [6, 6.07) is 5.13. The number of nitrogens with one attached hydrogen (secondary N) is 1. The number of anilines is 1. The van der Waals surface area contributed by atoms with Gasteiger partial charge in [0.1, 0.15) is 5.82 Å². The van der Waals surface area contributed by atoms with Crippen LogP contribution in [0, 0.1) is 11.7 Å². The first-order chi connectivity index (χ1) is 10.1. The Balaban J connectivity index is 2.04. The number of halogens is 1. The fraction of sp³-hybridized carbons (Fsp3) is 0.647. The summed E-state index contributed by atoms with van der Waals surface area (Å²) in [4.78, 5) is 2.35. The fourth-order valence-corrected chi connectivity index (χ4v) is 2.83. The topological polar surface area (TPSA) is 24.5 Å². The number of nitrogens with zero attached hydrogens (tertiary/aromatic N) is 1. The van der Waals surface area contributed by atoms with E-state index in [0.29, 0.717) is 12.0 Å². The average molecular weight is 294 g/mol. The van der Waals surface area contributed by atoms with Crippen LogP contribution in [0.15, 0.2) is 18.2 Å². The Bertz CT molecular complexity index is 442. The Labute approximate surface area is 127 Å². The maximum atomic E-state index is 13.6. The van der Waals surface area contributed by atoms with Crippen molar-refractivity contribution in [1.82, 2.24) is 5.32 Å². The van der Waals surface area contributed by atoms with Crippen LogP contribution in [0.25, 0.3) is 0 Å². The highest BCUT2D eigenvalue weighted by atomic mass is 19.1. The molecule has 0 amide bonds. The molecule has 0 saturated carbocycles. The van der Waals surface area contributed by atoms with E-state index in [1.807, 2.05) is 6.07 Å². The Morgan fingerprint density at radius 1 is 1.33 bits per heavy atom. The van der Waals surface area contributed by atoms with E-state index in [2.05, 4.69) is 24.1 Å². The van der Waals surface area contributed by atoms with Crippen molar-refractivity contribution in [2.45, 2.75) is 39.3 Å². The third kappa shape index (κ3) is 4.68. The van der Waals surface area contributed by atoms with Crippen molar-refractivity contribution >= 4 is 5.69 Å². The van der Waals surface area contributed by atoms with E-state index in [4.69, 9.17) is 4.74 Å². The van der Waals surface area contributed by atoms with E-state index in [9.17, 15) is 4.39 Å². The summed E-state index contributed by atoms with van der Waals surface area (Å²) in [7, 11) is 1.78.